The molecule has 1 aromatic heterocycles. The Morgan fingerprint density at radius 2 is 2.15 bits per heavy atom. The first-order valence-electron chi connectivity index (χ1n) is 6.72. The van der Waals surface area contributed by atoms with Crippen molar-refractivity contribution in [2.75, 3.05) is 31.6 Å². The van der Waals surface area contributed by atoms with E-state index < -0.39 is 0 Å². The lowest BCUT2D eigenvalue weighted by molar-refractivity contribution is 0.0524. The number of aryl methyl sites for hydroxylation is 1. The van der Waals surface area contributed by atoms with Crippen molar-refractivity contribution in [2.24, 2.45) is 11.1 Å². The van der Waals surface area contributed by atoms with Gasteiger partial charge in [0.2, 0.25) is 5.95 Å². The largest absolute Gasteiger partial charge is 0.462 e. The maximum atomic E-state index is 11.7. The number of hydrogen-bond acceptors (Lipinski definition) is 6. The molecular formula is C14H24N4O2. The average Bonchev–Trinajstić information content (AvgIpc) is 2.38. The zero-order valence-electron chi connectivity index (χ0n) is 12.9. The van der Waals surface area contributed by atoms with Crippen LogP contribution in [-0.2, 0) is 4.74 Å². The summed E-state index contributed by atoms with van der Waals surface area (Å²) in [5, 5.41) is 0. The maximum Gasteiger partial charge on any atom is 0.341 e. The van der Waals surface area contributed by atoms with Gasteiger partial charge >= 0.3 is 5.97 Å². The minimum absolute atomic E-state index is 0.0220. The smallest absolute Gasteiger partial charge is 0.341 e. The summed E-state index contributed by atoms with van der Waals surface area (Å²) in [7, 11) is 1.91. The molecule has 0 amide bonds. The standard InChI is InChI=1S/C14H24N4O2/c1-6-20-12(19)11-7-16-13(17-10(11)2)18(5)9-14(3,4)8-15/h7H,6,8-9,15H2,1-5H3. The van der Waals surface area contributed by atoms with Crippen LogP contribution in [0.15, 0.2) is 6.20 Å². The molecule has 0 aliphatic rings. The van der Waals surface area contributed by atoms with Crippen molar-refractivity contribution in [3.05, 3.63) is 17.5 Å². The minimum atomic E-state index is -0.388. The van der Waals surface area contributed by atoms with Crippen LogP contribution >= 0.6 is 0 Å². The van der Waals surface area contributed by atoms with Crippen LogP contribution in [0.2, 0.25) is 0 Å². The van der Waals surface area contributed by atoms with Gasteiger partial charge in [0.1, 0.15) is 0 Å². The Morgan fingerprint density at radius 1 is 1.50 bits per heavy atom. The number of hydrogen-bond donors (Lipinski definition) is 1. The Hall–Kier alpha value is -1.69. The Morgan fingerprint density at radius 3 is 2.65 bits per heavy atom. The molecule has 0 spiro atoms. The lowest BCUT2D eigenvalue weighted by atomic mass is 9.93. The highest BCUT2D eigenvalue weighted by atomic mass is 16.5. The van der Waals surface area contributed by atoms with Gasteiger partial charge in [0.05, 0.1) is 17.9 Å². The average molecular weight is 280 g/mol. The Kier molecular flexibility index (Phi) is 5.44. The van der Waals surface area contributed by atoms with Gasteiger partial charge in [-0.15, -0.1) is 0 Å². The fraction of sp³-hybridized carbons (Fsp3) is 0.643. The highest BCUT2D eigenvalue weighted by molar-refractivity contribution is 5.90. The second kappa shape index (κ2) is 6.65. The lowest BCUT2D eigenvalue weighted by Crippen LogP contribution is -2.37. The molecule has 112 valence electrons. The minimum Gasteiger partial charge on any atom is -0.462 e. The van der Waals surface area contributed by atoms with Crippen molar-refractivity contribution >= 4 is 11.9 Å². The summed E-state index contributed by atoms with van der Waals surface area (Å²) in [4.78, 5) is 22.2. The number of ether oxygens (including phenoxy) is 1. The molecule has 0 bridgehead atoms. The maximum absolute atomic E-state index is 11.7. The zero-order valence-corrected chi connectivity index (χ0v) is 12.9. The number of nitrogens with two attached hydrogens (primary N) is 1. The molecular weight excluding hydrogens is 256 g/mol. The van der Waals surface area contributed by atoms with Crippen molar-refractivity contribution in [2.45, 2.75) is 27.7 Å². The Bertz CT molecular complexity index is 474. The normalized spacial score (nSPS) is 11.3. The van der Waals surface area contributed by atoms with Crippen LogP contribution in [0.1, 0.15) is 36.8 Å². The Labute approximate surface area is 120 Å². The van der Waals surface area contributed by atoms with Crippen LogP contribution in [0.4, 0.5) is 5.95 Å². The molecule has 0 atom stereocenters. The molecule has 1 rings (SSSR count). The summed E-state index contributed by atoms with van der Waals surface area (Å²) in [5.74, 6) is 0.193. The monoisotopic (exact) mass is 280 g/mol. The summed E-state index contributed by atoms with van der Waals surface area (Å²) >= 11 is 0. The predicted octanol–water partition coefficient (Wildman–Crippen LogP) is 1.38. The summed E-state index contributed by atoms with van der Waals surface area (Å²) in [6.07, 6.45) is 1.52. The van der Waals surface area contributed by atoms with Gasteiger partial charge in [0.15, 0.2) is 0 Å². The fourth-order valence-corrected chi connectivity index (χ4v) is 1.83. The first-order valence-corrected chi connectivity index (χ1v) is 6.72. The number of carbonyl (C=O) groups is 1. The molecule has 0 radical (unpaired) electrons. The number of rotatable bonds is 6. The molecule has 0 saturated carbocycles. The van der Waals surface area contributed by atoms with Crippen molar-refractivity contribution < 1.29 is 9.53 Å². The van der Waals surface area contributed by atoms with E-state index >= 15 is 0 Å². The first kappa shape index (κ1) is 16.4. The van der Waals surface area contributed by atoms with E-state index in [0.29, 0.717) is 30.4 Å². The van der Waals surface area contributed by atoms with Crippen LogP contribution in [0, 0.1) is 12.3 Å². The van der Waals surface area contributed by atoms with Gasteiger partial charge in [0.25, 0.3) is 0 Å². The van der Waals surface area contributed by atoms with E-state index in [4.69, 9.17) is 10.5 Å². The third-order valence-electron chi connectivity index (χ3n) is 3.02. The summed E-state index contributed by atoms with van der Waals surface area (Å²) in [5.41, 5.74) is 6.73. The third kappa shape index (κ3) is 4.16. The molecule has 20 heavy (non-hydrogen) atoms. The van der Waals surface area contributed by atoms with Crippen LogP contribution in [-0.4, -0.2) is 42.7 Å². The predicted molar refractivity (Wildman–Crippen MR) is 78.8 cm³/mol. The zero-order chi connectivity index (χ0) is 15.3. The van der Waals surface area contributed by atoms with Crippen molar-refractivity contribution in [3.63, 3.8) is 0 Å². The molecule has 2 N–H and O–H groups in total. The molecule has 6 heteroatoms. The topological polar surface area (TPSA) is 81.3 Å². The van der Waals surface area contributed by atoms with Gasteiger partial charge in [-0.1, -0.05) is 13.8 Å². The molecule has 1 heterocycles. The van der Waals surface area contributed by atoms with Gasteiger partial charge in [-0.25, -0.2) is 14.8 Å². The van der Waals surface area contributed by atoms with E-state index in [0.717, 1.165) is 6.54 Å². The summed E-state index contributed by atoms with van der Waals surface area (Å²) in [6, 6.07) is 0. The first-order chi connectivity index (χ1) is 9.30. The van der Waals surface area contributed by atoms with Gasteiger partial charge in [-0.2, -0.15) is 0 Å². The molecule has 0 aliphatic carbocycles. The van der Waals surface area contributed by atoms with E-state index in [9.17, 15) is 4.79 Å². The van der Waals surface area contributed by atoms with Crippen LogP contribution < -0.4 is 10.6 Å². The fourth-order valence-electron chi connectivity index (χ4n) is 1.83. The summed E-state index contributed by atoms with van der Waals surface area (Å²) < 4.78 is 4.96. The second-order valence-electron chi connectivity index (χ2n) is 5.61. The third-order valence-corrected chi connectivity index (χ3v) is 3.02. The molecule has 1 aromatic rings. The number of anilines is 1. The van der Waals surface area contributed by atoms with Crippen molar-refractivity contribution in [1.82, 2.24) is 9.97 Å². The summed E-state index contributed by atoms with van der Waals surface area (Å²) in [6.45, 7) is 9.38. The lowest BCUT2D eigenvalue weighted by Gasteiger charge is -2.29. The number of esters is 1. The number of carbonyl (C=O) groups excluding carboxylic acids is 1. The van der Waals surface area contributed by atoms with Crippen LogP contribution in [0.5, 0.6) is 0 Å². The molecule has 6 nitrogen and oxygen atoms in total. The van der Waals surface area contributed by atoms with E-state index in [1.165, 1.54) is 6.20 Å². The van der Waals surface area contributed by atoms with Gasteiger partial charge in [0, 0.05) is 19.8 Å². The van der Waals surface area contributed by atoms with E-state index in [2.05, 4.69) is 23.8 Å². The second-order valence-corrected chi connectivity index (χ2v) is 5.61. The van der Waals surface area contributed by atoms with Crippen molar-refractivity contribution in [3.8, 4) is 0 Å². The highest BCUT2D eigenvalue weighted by Gasteiger charge is 2.20. The quantitative estimate of drug-likeness (QED) is 0.793. The van der Waals surface area contributed by atoms with Crippen molar-refractivity contribution in [1.29, 1.82) is 0 Å². The SMILES string of the molecule is CCOC(=O)c1cnc(N(C)CC(C)(C)CN)nc1C. The Balaban J connectivity index is 2.89. The molecule has 0 saturated heterocycles. The van der Waals surface area contributed by atoms with Gasteiger partial charge < -0.3 is 15.4 Å². The molecule has 0 fully saturated rings. The molecule has 0 unspecified atom stereocenters. The van der Waals surface area contributed by atoms with E-state index in [1.807, 2.05) is 11.9 Å². The number of nitrogens with zero attached hydrogens (tertiary/aromatic N) is 3. The number of aromatic nitrogens is 2. The van der Waals surface area contributed by atoms with Gasteiger partial charge in [-0.3, -0.25) is 0 Å². The van der Waals surface area contributed by atoms with E-state index in [1.54, 1.807) is 13.8 Å². The molecule has 0 aliphatic heterocycles. The highest BCUT2D eigenvalue weighted by Crippen LogP contribution is 2.18. The van der Waals surface area contributed by atoms with Crippen LogP contribution in [0.25, 0.3) is 0 Å². The molecule has 0 aromatic carbocycles. The van der Waals surface area contributed by atoms with Crippen LogP contribution in [0.3, 0.4) is 0 Å². The van der Waals surface area contributed by atoms with Gasteiger partial charge in [-0.05, 0) is 25.8 Å². The van der Waals surface area contributed by atoms with E-state index in [-0.39, 0.29) is 11.4 Å².